The van der Waals surface area contributed by atoms with Gasteiger partial charge in [-0.25, -0.2) is 14.6 Å². The summed E-state index contributed by atoms with van der Waals surface area (Å²) >= 11 is 1.61. The third-order valence-corrected chi connectivity index (χ3v) is 6.47. The fourth-order valence-corrected chi connectivity index (χ4v) is 4.78. The van der Waals surface area contributed by atoms with Crippen LogP contribution < -0.4 is 0 Å². The van der Waals surface area contributed by atoms with E-state index in [1.54, 1.807) is 30.4 Å². The Labute approximate surface area is 190 Å². The highest BCUT2D eigenvalue weighted by Crippen LogP contribution is 2.33. The van der Waals surface area contributed by atoms with Gasteiger partial charge in [-0.15, -0.1) is 11.3 Å². The van der Waals surface area contributed by atoms with Crippen LogP contribution in [0.15, 0.2) is 40.2 Å². The van der Waals surface area contributed by atoms with E-state index in [1.807, 2.05) is 23.6 Å². The molecule has 3 aromatic rings. The third-order valence-electron chi connectivity index (χ3n) is 5.46. The molecule has 0 aliphatic carbocycles. The van der Waals surface area contributed by atoms with Crippen LogP contribution in [-0.2, 0) is 16.0 Å². The van der Waals surface area contributed by atoms with Crippen LogP contribution in [0.5, 0.6) is 0 Å². The summed E-state index contributed by atoms with van der Waals surface area (Å²) in [6.07, 6.45) is 2.02. The van der Waals surface area contributed by atoms with E-state index in [4.69, 9.17) is 19.0 Å². The van der Waals surface area contributed by atoms with Gasteiger partial charge in [-0.1, -0.05) is 17.3 Å². The SMILES string of the molecule is CCOC(=O)c1cc(-c2csc(C3CCN(Cc4cccc(C(=O)OC)c4)CC3)n2)on1. The first-order valence-electron chi connectivity index (χ1n) is 10.6. The van der Waals surface area contributed by atoms with Crippen molar-refractivity contribution >= 4 is 23.3 Å². The van der Waals surface area contributed by atoms with Crippen molar-refractivity contribution in [3.8, 4) is 11.5 Å². The molecule has 0 radical (unpaired) electrons. The van der Waals surface area contributed by atoms with Crippen molar-refractivity contribution < 1.29 is 23.6 Å². The summed E-state index contributed by atoms with van der Waals surface area (Å²) in [5.41, 5.74) is 2.52. The minimum atomic E-state index is -0.498. The molecule has 1 fully saturated rings. The number of nitrogens with zero attached hydrogens (tertiary/aromatic N) is 3. The molecular weight excluding hydrogens is 430 g/mol. The van der Waals surface area contributed by atoms with Crippen molar-refractivity contribution in [2.75, 3.05) is 26.8 Å². The van der Waals surface area contributed by atoms with Gasteiger partial charge >= 0.3 is 11.9 Å². The van der Waals surface area contributed by atoms with E-state index in [2.05, 4.69) is 10.1 Å². The molecule has 1 saturated heterocycles. The Morgan fingerprint density at radius 1 is 1.22 bits per heavy atom. The number of aromatic nitrogens is 2. The topological polar surface area (TPSA) is 94.8 Å². The number of hydrogen-bond donors (Lipinski definition) is 0. The Kier molecular flexibility index (Phi) is 6.96. The van der Waals surface area contributed by atoms with Crippen LogP contribution >= 0.6 is 11.3 Å². The molecule has 8 nitrogen and oxygen atoms in total. The lowest BCUT2D eigenvalue weighted by Crippen LogP contribution is -2.32. The molecule has 0 spiro atoms. The monoisotopic (exact) mass is 455 g/mol. The second-order valence-corrected chi connectivity index (χ2v) is 8.50. The second kappa shape index (κ2) is 10.1. The van der Waals surface area contributed by atoms with Crippen molar-refractivity contribution in [2.45, 2.75) is 32.2 Å². The van der Waals surface area contributed by atoms with Crippen LogP contribution in [0.3, 0.4) is 0 Å². The Bertz CT molecular complexity index is 1080. The number of piperidine rings is 1. The van der Waals surface area contributed by atoms with E-state index in [0.29, 0.717) is 22.9 Å². The zero-order valence-corrected chi connectivity index (χ0v) is 18.9. The lowest BCUT2D eigenvalue weighted by Gasteiger charge is -2.31. The average Bonchev–Trinajstić information content (AvgIpc) is 3.49. The second-order valence-electron chi connectivity index (χ2n) is 7.61. The summed E-state index contributed by atoms with van der Waals surface area (Å²) < 4.78 is 15.0. The van der Waals surface area contributed by atoms with Crippen LogP contribution in [-0.4, -0.2) is 53.8 Å². The summed E-state index contributed by atoms with van der Waals surface area (Å²) in [7, 11) is 1.39. The molecular formula is C23H25N3O5S. The van der Waals surface area contributed by atoms with Crippen molar-refractivity contribution in [3.05, 3.63) is 57.5 Å². The van der Waals surface area contributed by atoms with Gasteiger partial charge in [0.1, 0.15) is 5.69 Å². The van der Waals surface area contributed by atoms with Gasteiger partial charge in [0.2, 0.25) is 0 Å². The predicted molar refractivity (Wildman–Crippen MR) is 119 cm³/mol. The molecule has 0 amide bonds. The van der Waals surface area contributed by atoms with Gasteiger partial charge in [0.15, 0.2) is 11.5 Å². The van der Waals surface area contributed by atoms with Crippen LogP contribution in [0.2, 0.25) is 0 Å². The number of ether oxygens (including phenoxy) is 2. The first-order chi connectivity index (χ1) is 15.6. The maximum absolute atomic E-state index is 11.8. The zero-order valence-electron chi connectivity index (χ0n) is 18.1. The number of carbonyl (C=O) groups excluding carboxylic acids is 2. The van der Waals surface area contributed by atoms with E-state index < -0.39 is 5.97 Å². The average molecular weight is 456 g/mol. The van der Waals surface area contributed by atoms with E-state index in [0.717, 1.165) is 43.0 Å². The molecule has 1 aliphatic rings. The number of likely N-dealkylation sites (tertiary alicyclic amines) is 1. The summed E-state index contributed by atoms with van der Waals surface area (Å²) in [5, 5.41) is 6.80. The van der Waals surface area contributed by atoms with Crippen LogP contribution in [0, 0.1) is 0 Å². The van der Waals surface area contributed by atoms with Gasteiger partial charge in [-0.2, -0.15) is 0 Å². The number of hydrogen-bond acceptors (Lipinski definition) is 9. The van der Waals surface area contributed by atoms with Crippen molar-refractivity contribution in [1.82, 2.24) is 15.0 Å². The number of carbonyl (C=O) groups is 2. The van der Waals surface area contributed by atoms with Crippen LogP contribution in [0.1, 0.15) is 57.1 Å². The number of esters is 2. The quantitative estimate of drug-likeness (QED) is 0.491. The molecule has 0 bridgehead atoms. The lowest BCUT2D eigenvalue weighted by molar-refractivity contribution is 0.0513. The number of benzene rings is 1. The van der Waals surface area contributed by atoms with Gasteiger partial charge in [-0.05, 0) is 50.6 Å². The molecule has 1 aromatic carbocycles. The molecule has 0 unspecified atom stereocenters. The van der Waals surface area contributed by atoms with Crippen LogP contribution in [0.25, 0.3) is 11.5 Å². The van der Waals surface area contributed by atoms with Gasteiger partial charge in [0.25, 0.3) is 0 Å². The molecule has 9 heteroatoms. The Morgan fingerprint density at radius 2 is 2.03 bits per heavy atom. The number of methoxy groups -OCH3 is 1. The summed E-state index contributed by atoms with van der Waals surface area (Å²) in [5.74, 6) is 0.0473. The van der Waals surface area contributed by atoms with Gasteiger partial charge in [0.05, 0.1) is 24.3 Å². The molecule has 0 saturated carbocycles. The number of rotatable bonds is 7. The standard InChI is InChI=1S/C23H25N3O5S/c1-3-30-23(28)18-12-20(31-25-18)19-14-32-21(24-19)16-7-9-26(10-8-16)13-15-5-4-6-17(11-15)22(27)29-2/h4-6,11-12,14,16H,3,7-10,13H2,1-2H3. The number of thiazole rings is 1. The fourth-order valence-electron chi connectivity index (χ4n) is 3.80. The molecule has 0 N–H and O–H groups in total. The Morgan fingerprint density at radius 3 is 2.78 bits per heavy atom. The smallest absolute Gasteiger partial charge is 0.360 e. The summed E-state index contributed by atoms with van der Waals surface area (Å²) in [6.45, 7) is 4.75. The molecule has 2 aromatic heterocycles. The third kappa shape index (κ3) is 5.05. The van der Waals surface area contributed by atoms with E-state index in [9.17, 15) is 9.59 Å². The maximum atomic E-state index is 11.8. The molecule has 0 atom stereocenters. The van der Waals surface area contributed by atoms with Crippen molar-refractivity contribution in [3.63, 3.8) is 0 Å². The van der Waals surface area contributed by atoms with E-state index in [1.165, 1.54) is 7.11 Å². The molecule has 1 aliphatic heterocycles. The van der Waals surface area contributed by atoms with Gasteiger partial charge in [0, 0.05) is 23.9 Å². The summed E-state index contributed by atoms with van der Waals surface area (Å²) in [6, 6.07) is 9.16. The fraction of sp³-hybridized carbons (Fsp3) is 0.391. The van der Waals surface area contributed by atoms with Gasteiger partial charge < -0.3 is 14.0 Å². The van der Waals surface area contributed by atoms with E-state index in [-0.39, 0.29) is 18.3 Å². The molecule has 3 heterocycles. The highest BCUT2D eigenvalue weighted by molar-refractivity contribution is 7.10. The van der Waals surface area contributed by atoms with E-state index >= 15 is 0 Å². The molecule has 32 heavy (non-hydrogen) atoms. The van der Waals surface area contributed by atoms with Crippen LogP contribution in [0.4, 0.5) is 0 Å². The minimum absolute atomic E-state index is 0.154. The first-order valence-corrected chi connectivity index (χ1v) is 11.4. The lowest BCUT2D eigenvalue weighted by atomic mass is 9.97. The normalized spacial score (nSPS) is 14.9. The first kappa shape index (κ1) is 22.2. The Balaban J connectivity index is 1.34. The summed E-state index contributed by atoms with van der Waals surface area (Å²) in [4.78, 5) is 30.7. The Hall–Kier alpha value is -3.04. The molecule has 4 rings (SSSR count). The van der Waals surface area contributed by atoms with Crippen molar-refractivity contribution in [1.29, 1.82) is 0 Å². The minimum Gasteiger partial charge on any atom is -0.465 e. The van der Waals surface area contributed by atoms with Crippen molar-refractivity contribution in [2.24, 2.45) is 0 Å². The highest BCUT2D eigenvalue weighted by Gasteiger charge is 2.24. The maximum Gasteiger partial charge on any atom is 0.360 e. The predicted octanol–water partition coefficient (Wildman–Crippen LogP) is 4.14. The highest BCUT2D eigenvalue weighted by atomic mass is 32.1. The molecule has 168 valence electrons. The zero-order chi connectivity index (χ0) is 22.5. The van der Waals surface area contributed by atoms with Gasteiger partial charge in [-0.3, -0.25) is 4.90 Å². The largest absolute Gasteiger partial charge is 0.465 e.